The van der Waals surface area contributed by atoms with Crippen LogP contribution in [0.1, 0.15) is 57.1 Å². The van der Waals surface area contributed by atoms with Crippen LogP contribution < -0.4 is 25.4 Å². The van der Waals surface area contributed by atoms with Crippen LogP contribution in [-0.4, -0.2) is 57.0 Å². The summed E-state index contributed by atoms with van der Waals surface area (Å²) in [6.07, 6.45) is 4.73. The minimum absolute atomic E-state index is 0.0201. The van der Waals surface area contributed by atoms with Crippen LogP contribution in [0.5, 0.6) is 11.5 Å². The summed E-state index contributed by atoms with van der Waals surface area (Å²) in [5.41, 5.74) is 0.714. The molecule has 7 heteroatoms. The van der Waals surface area contributed by atoms with Gasteiger partial charge in [-0.3, -0.25) is 4.79 Å². The number of aliphatic hydroxyl groups excluding tert-OH is 1. The lowest BCUT2D eigenvalue weighted by atomic mass is 10.0. The second-order valence-electron chi connectivity index (χ2n) is 7.49. The molecular formula is C22H37N3O4. The normalized spacial score (nSPS) is 15.0. The van der Waals surface area contributed by atoms with E-state index in [1.165, 1.54) is 0 Å². The van der Waals surface area contributed by atoms with Gasteiger partial charge >= 0.3 is 0 Å². The molecule has 7 nitrogen and oxygen atoms in total. The van der Waals surface area contributed by atoms with Crippen molar-refractivity contribution in [2.24, 2.45) is 0 Å². The maximum Gasteiger partial charge on any atom is 0.220 e. The fraction of sp³-hybridized carbons (Fsp3) is 0.682. The number of ether oxygens (including phenoxy) is 2. The molecule has 1 aromatic rings. The highest BCUT2D eigenvalue weighted by molar-refractivity contribution is 5.76. The van der Waals surface area contributed by atoms with Crippen LogP contribution in [0.2, 0.25) is 0 Å². The number of hydrogen-bond acceptors (Lipinski definition) is 6. The number of nitrogens with one attached hydrogen (secondary N) is 3. The lowest BCUT2D eigenvalue weighted by molar-refractivity contribution is -0.122. The molecule has 0 spiro atoms. The molecule has 1 aliphatic heterocycles. The zero-order chi connectivity index (χ0) is 20.9. The number of rotatable bonds is 14. The van der Waals surface area contributed by atoms with E-state index < -0.39 is 12.1 Å². The molecule has 0 unspecified atom stereocenters. The first-order valence-electron chi connectivity index (χ1n) is 10.9. The number of carbonyl (C=O) groups excluding carboxylic acids is 1. The minimum Gasteiger partial charge on any atom is -0.486 e. The molecular weight excluding hydrogens is 370 g/mol. The van der Waals surface area contributed by atoms with E-state index in [0.29, 0.717) is 43.2 Å². The highest BCUT2D eigenvalue weighted by atomic mass is 16.6. The zero-order valence-electron chi connectivity index (χ0n) is 17.8. The van der Waals surface area contributed by atoms with Crippen LogP contribution in [0.3, 0.4) is 0 Å². The van der Waals surface area contributed by atoms with Gasteiger partial charge in [-0.15, -0.1) is 0 Å². The summed E-state index contributed by atoms with van der Waals surface area (Å²) in [6.45, 7) is 5.51. The molecule has 2 atom stereocenters. The molecule has 4 N–H and O–H groups in total. The van der Waals surface area contributed by atoms with E-state index in [-0.39, 0.29) is 5.91 Å². The number of benzene rings is 1. The molecule has 0 saturated heterocycles. The molecule has 1 aliphatic rings. The van der Waals surface area contributed by atoms with Crippen molar-refractivity contribution in [3.8, 4) is 11.5 Å². The van der Waals surface area contributed by atoms with E-state index in [1.54, 1.807) is 0 Å². The largest absolute Gasteiger partial charge is 0.486 e. The van der Waals surface area contributed by atoms with Gasteiger partial charge in [0.15, 0.2) is 11.5 Å². The first-order valence-corrected chi connectivity index (χ1v) is 10.9. The summed E-state index contributed by atoms with van der Waals surface area (Å²) < 4.78 is 11.2. The van der Waals surface area contributed by atoms with Gasteiger partial charge in [-0.2, -0.15) is 0 Å². The van der Waals surface area contributed by atoms with E-state index >= 15 is 0 Å². The quantitative estimate of drug-likeness (QED) is 0.353. The fourth-order valence-electron chi connectivity index (χ4n) is 3.32. The van der Waals surface area contributed by atoms with E-state index in [1.807, 2.05) is 25.2 Å². The zero-order valence-corrected chi connectivity index (χ0v) is 17.8. The first kappa shape index (κ1) is 23.4. The van der Waals surface area contributed by atoms with Gasteiger partial charge in [0.25, 0.3) is 0 Å². The van der Waals surface area contributed by atoms with Crippen LogP contribution in [0.25, 0.3) is 0 Å². The molecule has 1 aromatic carbocycles. The van der Waals surface area contributed by atoms with Gasteiger partial charge in [-0.1, -0.05) is 25.8 Å². The van der Waals surface area contributed by atoms with Gasteiger partial charge in [-0.25, -0.2) is 0 Å². The fourth-order valence-corrected chi connectivity index (χ4v) is 3.32. The second kappa shape index (κ2) is 13.4. The summed E-state index contributed by atoms with van der Waals surface area (Å²) in [4.78, 5) is 12.4. The van der Waals surface area contributed by atoms with Crippen molar-refractivity contribution in [3.63, 3.8) is 0 Å². The molecule has 0 radical (unpaired) electrons. The number of carbonyl (C=O) groups is 1. The highest BCUT2D eigenvalue weighted by Crippen LogP contribution is 2.33. The third kappa shape index (κ3) is 8.20. The molecule has 164 valence electrons. The Hall–Kier alpha value is -1.83. The van der Waals surface area contributed by atoms with Crippen molar-refractivity contribution >= 4 is 5.91 Å². The van der Waals surface area contributed by atoms with Crippen molar-refractivity contribution < 1.29 is 19.4 Å². The lowest BCUT2D eigenvalue weighted by Gasteiger charge is -2.26. The van der Waals surface area contributed by atoms with Crippen LogP contribution in [0, 0.1) is 0 Å². The number of hydrogen-bond donors (Lipinski definition) is 4. The third-order valence-corrected chi connectivity index (χ3v) is 5.04. The highest BCUT2D eigenvalue weighted by Gasteiger charge is 2.24. The maximum absolute atomic E-state index is 12.4. The van der Waals surface area contributed by atoms with Crippen LogP contribution in [0.15, 0.2) is 18.2 Å². The molecule has 2 rings (SSSR count). The van der Waals surface area contributed by atoms with Crippen molar-refractivity contribution in [2.75, 3.05) is 39.9 Å². The molecule has 29 heavy (non-hydrogen) atoms. The monoisotopic (exact) mass is 407 g/mol. The Balaban J connectivity index is 1.95. The Kier molecular flexibility index (Phi) is 10.8. The number of amides is 1. The molecule has 0 saturated carbocycles. The summed E-state index contributed by atoms with van der Waals surface area (Å²) in [5, 5.41) is 20.5. The lowest BCUT2D eigenvalue weighted by Crippen LogP contribution is -2.46. The first-order chi connectivity index (χ1) is 14.2. The van der Waals surface area contributed by atoms with E-state index in [2.05, 4.69) is 22.9 Å². The molecule has 0 fully saturated rings. The number of aliphatic hydroxyl groups is 1. The van der Waals surface area contributed by atoms with E-state index in [0.717, 1.165) is 45.2 Å². The van der Waals surface area contributed by atoms with Crippen molar-refractivity contribution in [3.05, 3.63) is 23.8 Å². The van der Waals surface area contributed by atoms with Crippen LogP contribution in [0.4, 0.5) is 0 Å². The van der Waals surface area contributed by atoms with Gasteiger partial charge in [0.2, 0.25) is 5.91 Å². The molecule has 0 bridgehead atoms. The van der Waals surface area contributed by atoms with Gasteiger partial charge in [0, 0.05) is 13.0 Å². The number of fused-ring (bicyclic) bond motifs is 1. The third-order valence-electron chi connectivity index (χ3n) is 5.04. The maximum atomic E-state index is 12.4. The summed E-state index contributed by atoms with van der Waals surface area (Å²) in [5.74, 6) is 1.31. The average molecular weight is 408 g/mol. The van der Waals surface area contributed by atoms with Gasteiger partial charge in [-0.05, 0) is 57.1 Å². The Morgan fingerprint density at radius 3 is 2.66 bits per heavy atom. The smallest absolute Gasteiger partial charge is 0.220 e. The van der Waals surface area contributed by atoms with Crippen LogP contribution in [-0.2, 0) is 4.79 Å². The van der Waals surface area contributed by atoms with Gasteiger partial charge < -0.3 is 30.5 Å². The predicted octanol–water partition coefficient (Wildman–Crippen LogP) is 2.15. The summed E-state index contributed by atoms with van der Waals surface area (Å²) in [6, 6.07) is 5.06. The standard InChI is InChI=1S/C22H37N3O4/c1-3-4-12-24-16-18(25-21(26)8-6-5-7-11-23-2)22(27)17-9-10-19-20(15-17)29-14-13-28-19/h9-10,15,18,22-24,27H,3-8,11-14,16H2,1-2H3,(H,25,26)/t18-,22-/m1/s1. The van der Waals surface area contributed by atoms with Gasteiger partial charge in [0.1, 0.15) is 19.3 Å². The van der Waals surface area contributed by atoms with E-state index in [9.17, 15) is 9.90 Å². The average Bonchev–Trinajstić information content (AvgIpc) is 2.75. The molecule has 1 amide bonds. The molecule has 0 aliphatic carbocycles. The molecule has 1 heterocycles. The van der Waals surface area contributed by atoms with Crippen molar-refractivity contribution in [1.82, 2.24) is 16.0 Å². The Morgan fingerprint density at radius 1 is 1.10 bits per heavy atom. The SMILES string of the molecule is CCCCNC[C@@H](NC(=O)CCCCCNC)[C@H](O)c1ccc2c(c1)OCCO2. The van der Waals surface area contributed by atoms with Crippen molar-refractivity contribution in [2.45, 2.75) is 57.6 Å². The van der Waals surface area contributed by atoms with Crippen molar-refractivity contribution in [1.29, 1.82) is 0 Å². The van der Waals surface area contributed by atoms with Crippen LogP contribution >= 0.6 is 0 Å². The number of unbranched alkanes of at least 4 members (excludes halogenated alkanes) is 3. The van der Waals surface area contributed by atoms with Gasteiger partial charge in [0.05, 0.1) is 6.04 Å². The minimum atomic E-state index is -0.826. The van der Waals surface area contributed by atoms with E-state index in [4.69, 9.17) is 9.47 Å². The Morgan fingerprint density at radius 2 is 1.90 bits per heavy atom. The Labute approximate surface area is 174 Å². The summed E-state index contributed by atoms with van der Waals surface area (Å²) in [7, 11) is 1.93. The summed E-state index contributed by atoms with van der Waals surface area (Å²) >= 11 is 0. The second-order valence-corrected chi connectivity index (χ2v) is 7.49. The predicted molar refractivity (Wildman–Crippen MR) is 114 cm³/mol. The Bertz CT molecular complexity index is 612. The molecule has 0 aromatic heterocycles. The topological polar surface area (TPSA) is 91.9 Å².